The Kier molecular flexibility index (Phi) is 33.8. The third-order valence-electron chi connectivity index (χ3n) is 25.4. The lowest BCUT2D eigenvalue weighted by Gasteiger charge is -2.23. The Balaban J connectivity index is 0.000000129. The van der Waals surface area contributed by atoms with E-state index in [-0.39, 0.29) is 75.7 Å². The van der Waals surface area contributed by atoms with E-state index in [4.69, 9.17) is 49.5 Å². The van der Waals surface area contributed by atoms with Crippen molar-refractivity contribution in [2.24, 2.45) is 5.92 Å². The van der Waals surface area contributed by atoms with Gasteiger partial charge in [0.15, 0.2) is 51.8 Å². The number of amides is 3. The van der Waals surface area contributed by atoms with Crippen LogP contribution in [-0.4, -0.2) is 96.3 Å². The number of hydrogen-bond acceptors (Lipinski definition) is 24. The summed E-state index contributed by atoms with van der Waals surface area (Å²) in [5, 5.41) is 20.0. The van der Waals surface area contributed by atoms with Crippen LogP contribution in [0.15, 0.2) is 264 Å². The Morgan fingerprint density at radius 1 is 0.340 bits per heavy atom. The minimum atomic E-state index is -4.41. The van der Waals surface area contributed by atoms with Crippen LogP contribution in [0, 0.1) is 26.7 Å². The first-order valence-electron chi connectivity index (χ1n) is 48.2. The van der Waals surface area contributed by atoms with Gasteiger partial charge in [-0.1, -0.05) is 193 Å². The number of thiazole rings is 4. The molecule has 3 N–H and O–H groups in total. The summed E-state index contributed by atoms with van der Waals surface area (Å²) in [6, 6.07) is 74.4. The minimum Gasteiger partial charge on any atom is -0.454 e. The largest absolute Gasteiger partial charge is 0.454 e. The molecule has 11 aromatic carbocycles. The molecule has 1 unspecified atom stereocenters. The van der Waals surface area contributed by atoms with Crippen LogP contribution >= 0.6 is 56.9 Å². The first kappa shape index (κ1) is 103. The van der Waals surface area contributed by atoms with E-state index in [9.17, 15) is 45.5 Å². The molecule has 15 aromatic rings. The zero-order chi connectivity index (χ0) is 102. The van der Waals surface area contributed by atoms with Crippen LogP contribution in [-0.2, 0) is 104 Å². The van der Waals surface area contributed by atoms with Crippen molar-refractivity contribution in [1.82, 2.24) is 44.9 Å². The van der Waals surface area contributed by atoms with Gasteiger partial charge in [-0.05, 0) is 206 Å². The predicted molar refractivity (Wildman–Crippen MR) is 555 cm³/mol. The molecule has 23 nitrogen and oxygen atoms in total. The molecule has 4 aliphatic heterocycles. The van der Waals surface area contributed by atoms with Crippen LogP contribution in [0.5, 0.6) is 46.0 Å². The molecule has 8 heterocycles. The number of fused-ring (bicyclic) bond motifs is 5. The van der Waals surface area contributed by atoms with Gasteiger partial charge in [0.2, 0.25) is 27.2 Å². The van der Waals surface area contributed by atoms with Crippen molar-refractivity contribution in [2.45, 2.75) is 169 Å². The van der Waals surface area contributed by atoms with Crippen molar-refractivity contribution in [1.29, 1.82) is 0 Å². The van der Waals surface area contributed by atoms with Gasteiger partial charge in [0, 0.05) is 102 Å². The Hall–Kier alpha value is -13.9. The molecule has 4 aromatic heterocycles. The van der Waals surface area contributed by atoms with E-state index in [1.807, 2.05) is 181 Å². The highest BCUT2D eigenvalue weighted by molar-refractivity contribution is 7.10. The van der Waals surface area contributed by atoms with Crippen LogP contribution in [0.1, 0.15) is 184 Å². The van der Waals surface area contributed by atoms with Crippen molar-refractivity contribution in [2.75, 3.05) is 37.8 Å². The zero-order valence-electron chi connectivity index (χ0n) is 80.8. The number of rotatable bonds is 32. The number of ketones is 1. The maximum Gasteiger partial charge on any atom is 0.416 e. The predicted octanol–water partition coefficient (Wildman–Crippen LogP) is 25.5. The number of carbonyl (C=O) groups excluding carboxylic acids is 4. The topological polar surface area (TPSA) is 243 Å². The number of hydrogen-bond donors (Lipinski definition) is 3. The van der Waals surface area contributed by atoms with Crippen molar-refractivity contribution in [3.8, 4) is 46.0 Å². The van der Waals surface area contributed by atoms with Gasteiger partial charge in [0.1, 0.15) is 42.8 Å². The third-order valence-corrected chi connectivity index (χ3v) is 29.0. The zero-order valence-corrected chi connectivity index (χ0v) is 84.8. The van der Waals surface area contributed by atoms with E-state index < -0.39 is 23.5 Å². The quantitative estimate of drug-likeness (QED) is 0.0262. The third kappa shape index (κ3) is 28.9. The lowest BCUT2D eigenvalue weighted by Crippen LogP contribution is -2.36. The van der Waals surface area contributed by atoms with Gasteiger partial charge in [-0.2, -0.15) is 26.3 Å². The average Bonchev–Trinajstić information content (AvgIpc) is 1.79. The first-order chi connectivity index (χ1) is 71.2. The minimum absolute atomic E-state index is 0.0530. The fourth-order valence-corrected chi connectivity index (χ4v) is 21.3. The Morgan fingerprint density at radius 2 is 0.660 bits per heavy atom. The fourth-order valence-electron chi connectivity index (χ4n) is 17.9. The molecule has 147 heavy (non-hydrogen) atoms. The molecule has 34 heteroatoms. The summed E-state index contributed by atoms with van der Waals surface area (Å²) in [5.74, 6) is 5.09. The van der Waals surface area contributed by atoms with E-state index >= 15 is 0 Å². The van der Waals surface area contributed by atoms with E-state index in [2.05, 4.69) is 95.1 Å². The van der Waals surface area contributed by atoms with Crippen molar-refractivity contribution in [3.63, 3.8) is 0 Å². The van der Waals surface area contributed by atoms with Gasteiger partial charge in [-0.3, -0.25) is 38.8 Å². The Labute approximate surface area is 868 Å². The van der Waals surface area contributed by atoms with Gasteiger partial charge in [0.05, 0.1) is 37.3 Å². The van der Waals surface area contributed by atoms with Crippen LogP contribution in [0.2, 0.25) is 5.02 Å². The number of ether oxygens (including phenoxy) is 8. The number of aromatic nitrogens is 4. The molecule has 6 aliphatic rings. The number of halogens is 7. The number of nitrogens with zero attached hydrogens (tertiary/aromatic N) is 8. The number of carbonyl (C=O) groups is 4. The number of anilines is 2. The van der Waals surface area contributed by atoms with Crippen LogP contribution in [0.3, 0.4) is 0 Å². The normalized spacial score (nSPS) is 14.2. The van der Waals surface area contributed by atoms with Crippen LogP contribution < -0.4 is 53.8 Å². The van der Waals surface area contributed by atoms with E-state index in [1.165, 1.54) is 98.3 Å². The molecule has 1 saturated carbocycles. The molecular formula is C113H106ClF6N11O12S4. The van der Waals surface area contributed by atoms with E-state index in [1.54, 1.807) is 28.3 Å². The highest BCUT2D eigenvalue weighted by atomic mass is 35.5. The summed E-state index contributed by atoms with van der Waals surface area (Å²) in [6.45, 7) is 13.3. The highest BCUT2D eigenvalue weighted by Gasteiger charge is 2.34. The van der Waals surface area contributed by atoms with Gasteiger partial charge in [-0.25, -0.2) is 19.9 Å². The number of alkyl halides is 6. The second kappa shape index (κ2) is 48.2. The lowest BCUT2D eigenvalue weighted by molar-refractivity contribution is -0.138. The maximum atomic E-state index is 13.4. The second-order valence-electron chi connectivity index (χ2n) is 36.9. The molecule has 1 fully saturated rings. The lowest BCUT2D eigenvalue weighted by atomic mass is 9.81. The van der Waals surface area contributed by atoms with Gasteiger partial charge >= 0.3 is 12.4 Å². The van der Waals surface area contributed by atoms with E-state index in [0.717, 1.165) is 157 Å². The maximum absolute atomic E-state index is 13.4. The molecule has 0 spiro atoms. The molecule has 1 atom stereocenters. The molecule has 758 valence electrons. The monoisotopic (exact) mass is 2090 g/mol. The molecule has 21 rings (SSSR count). The molecule has 0 saturated heterocycles. The summed E-state index contributed by atoms with van der Waals surface area (Å²) in [7, 11) is 0. The van der Waals surface area contributed by atoms with Crippen molar-refractivity contribution in [3.05, 3.63) is 395 Å². The summed E-state index contributed by atoms with van der Waals surface area (Å²) in [4.78, 5) is 78.6. The summed E-state index contributed by atoms with van der Waals surface area (Å²) in [5.41, 5.74) is 15.5. The number of Topliss-reactive ketones (excluding diaryl/α,β-unsaturated/α-hetero) is 1. The summed E-state index contributed by atoms with van der Waals surface area (Å²) in [6.07, 6.45) is -0.998. The Bertz CT molecular complexity index is 6880. The van der Waals surface area contributed by atoms with Gasteiger partial charge in [0.25, 0.3) is 17.7 Å². The standard InChI is InChI=1S/C31H27F3N2O3S.C28H27N3O3S.C27H24ClN3O3S.C27H28F3N3O3S/c32-31(33,34)25-7-3-4-20(12-25)15-36(16-21-8-11-27-28(13-21)39-19-38-27)17-29-35-26(18-40-29)30(37)24-10-9-22-5-1-2-6-23(22)14-24;1-19-3-7-21(8-4-19)14-31(15-22-9-12-25-26(13-22)34-18-33-25)16-27-30-24(17-35-27)28(32)29-23-10-5-20(2)6-11-23;1-18-2-9-22(10-3-18)29-27(32)23-16-35-26(30-23)15-31(13-19-4-7-21(28)8-5-19)14-20-6-11-24-25(12-20)34-17-33-24;28-27(29,30)20-6-4-5-18(11-20)13-33(14-19-9-10-23-24(12-19)36-17-35-23)15-25-32-22(16-37-25)26(34)31-21-7-2-1-3-8-21/h1-8,11-13,18,24H,9-10,14-17,19H2;3-13,17H,14-16,18H2,1-2H3,(H,29,32);2-12,16H,13-15,17H2,1H3,(H,29,32);4-6,9-12,16,21H,1-3,7-8,13-15,17H2,(H,31,34). The SMILES string of the molecule is Cc1ccc(CN(Cc2ccc3c(c2)OCO3)Cc2nc(C(=O)Nc3ccc(C)cc3)cs2)cc1.Cc1ccc(NC(=O)c2csc(CN(Cc3ccc(Cl)cc3)Cc3ccc4c(c3)OCO4)n2)cc1.O=C(NC1CCCCC1)c1csc(CN(Cc2cccc(C(F)(F)F)c2)Cc2ccc3c(c2)OCO3)n1.O=C(c1csc(CN(Cc2cccc(C(F)(F)F)c2)Cc2ccc3c(c2)OCO3)n1)C1CCc2ccccc2C1. The summed E-state index contributed by atoms with van der Waals surface area (Å²) >= 11 is 11.8. The molecule has 0 bridgehead atoms. The van der Waals surface area contributed by atoms with Crippen molar-refractivity contribution >= 4 is 91.8 Å². The summed E-state index contributed by atoms with van der Waals surface area (Å²) < 4.78 is 124. The molecule has 2 aliphatic carbocycles. The molecule has 3 amide bonds. The number of benzene rings is 11. The second-order valence-corrected chi connectivity index (χ2v) is 41.1. The van der Waals surface area contributed by atoms with Crippen LogP contribution in [0.25, 0.3) is 0 Å². The highest BCUT2D eigenvalue weighted by Crippen LogP contribution is 2.41. The number of aryl methyl sites for hydroxylation is 4. The average molecular weight is 2090 g/mol. The van der Waals surface area contributed by atoms with Gasteiger partial charge in [-0.15, -0.1) is 45.3 Å². The smallest absolute Gasteiger partial charge is 0.416 e. The number of nitrogens with one attached hydrogen (secondary N) is 3. The van der Waals surface area contributed by atoms with Crippen molar-refractivity contribution < 1.29 is 83.4 Å². The van der Waals surface area contributed by atoms with Gasteiger partial charge < -0.3 is 53.8 Å². The van der Waals surface area contributed by atoms with Crippen LogP contribution in [0.4, 0.5) is 37.7 Å². The van der Waals surface area contributed by atoms with E-state index in [0.29, 0.717) is 121 Å². The first-order valence-corrected chi connectivity index (χ1v) is 52.1. The molecule has 0 radical (unpaired) electrons. The molecular weight excluding hydrogens is 1980 g/mol. The fraction of sp³-hybridized carbons (Fsp3) is 0.274. The Morgan fingerprint density at radius 3 is 1.04 bits per heavy atom.